The summed E-state index contributed by atoms with van der Waals surface area (Å²) < 4.78 is 44.8. The van der Waals surface area contributed by atoms with Crippen LogP contribution in [0.15, 0.2) is 48.7 Å². The van der Waals surface area contributed by atoms with Crippen LogP contribution in [0.3, 0.4) is 0 Å². The van der Waals surface area contributed by atoms with Crippen molar-refractivity contribution in [2.75, 3.05) is 0 Å². The lowest BCUT2D eigenvalue weighted by molar-refractivity contribution is -0.138. The maximum atomic E-state index is 12.9. The van der Waals surface area contributed by atoms with E-state index >= 15 is 0 Å². The Labute approximate surface area is 211 Å². The zero-order valence-electron chi connectivity index (χ0n) is 19.8. The number of hydrogen-bond acceptors (Lipinski definition) is 4. The van der Waals surface area contributed by atoms with E-state index in [1.54, 1.807) is 0 Å². The number of H-pyrrole nitrogens is 1. The number of fused-ring (bicyclic) bond motifs is 1. The quantitative estimate of drug-likeness (QED) is 0.201. The van der Waals surface area contributed by atoms with Gasteiger partial charge in [-0.2, -0.15) is 13.2 Å². The molecule has 0 amide bonds. The molecule has 0 saturated heterocycles. The molecular formula is C27H27F3N2O3S. The average Bonchev–Trinajstić information content (AvgIpc) is 3.44. The number of nitrogens with zero attached hydrogens (tertiary/aromatic N) is 1. The zero-order chi connectivity index (χ0) is 25.7. The van der Waals surface area contributed by atoms with Gasteiger partial charge in [-0.25, -0.2) is 4.98 Å². The normalized spacial score (nSPS) is 11.8. The van der Waals surface area contributed by atoms with E-state index in [-0.39, 0.29) is 6.42 Å². The summed E-state index contributed by atoms with van der Waals surface area (Å²) in [5.41, 5.74) is 2.98. The number of ether oxygens (including phenoxy) is 1. The first-order chi connectivity index (χ1) is 17.2. The van der Waals surface area contributed by atoms with Gasteiger partial charge in [0, 0.05) is 29.1 Å². The topological polar surface area (TPSA) is 75.2 Å². The number of hydrogen-bond donors (Lipinski definition) is 2. The van der Waals surface area contributed by atoms with Crippen molar-refractivity contribution in [3.8, 4) is 16.3 Å². The van der Waals surface area contributed by atoms with E-state index in [0.717, 1.165) is 64.9 Å². The molecule has 0 saturated carbocycles. The molecule has 0 bridgehead atoms. The number of carboxylic acid groups (broad SMARTS) is 1. The number of carbonyl (C=O) groups is 1. The number of thiazole rings is 1. The number of aromatic amines is 1. The molecule has 4 aromatic rings. The van der Waals surface area contributed by atoms with Crippen molar-refractivity contribution in [2.24, 2.45) is 0 Å². The fourth-order valence-corrected chi connectivity index (χ4v) is 5.07. The minimum Gasteiger partial charge on any atom is -0.488 e. The lowest BCUT2D eigenvalue weighted by Gasteiger charge is -2.07. The van der Waals surface area contributed by atoms with Crippen molar-refractivity contribution in [3.63, 3.8) is 0 Å². The smallest absolute Gasteiger partial charge is 0.416 e. The van der Waals surface area contributed by atoms with Crippen LogP contribution < -0.4 is 4.74 Å². The van der Waals surface area contributed by atoms with Gasteiger partial charge in [0.25, 0.3) is 0 Å². The van der Waals surface area contributed by atoms with Gasteiger partial charge in [-0.15, -0.1) is 11.3 Å². The maximum Gasteiger partial charge on any atom is 0.416 e. The lowest BCUT2D eigenvalue weighted by atomic mass is 10.1. The van der Waals surface area contributed by atoms with Gasteiger partial charge in [-0.3, -0.25) is 4.79 Å². The molecule has 190 valence electrons. The van der Waals surface area contributed by atoms with Crippen molar-refractivity contribution in [1.29, 1.82) is 0 Å². The fourth-order valence-electron chi connectivity index (χ4n) is 4.05. The highest BCUT2D eigenvalue weighted by atomic mass is 32.1. The molecule has 2 aromatic carbocycles. The Morgan fingerprint density at radius 1 is 1.11 bits per heavy atom. The molecule has 2 heterocycles. The average molecular weight is 517 g/mol. The van der Waals surface area contributed by atoms with E-state index < -0.39 is 17.7 Å². The second-order valence-electron chi connectivity index (χ2n) is 8.62. The predicted molar refractivity (Wildman–Crippen MR) is 134 cm³/mol. The molecule has 0 radical (unpaired) electrons. The molecule has 2 aromatic heterocycles. The highest BCUT2D eigenvalue weighted by molar-refractivity contribution is 7.15. The fraction of sp³-hybridized carbons (Fsp3) is 0.333. The number of rotatable bonds is 11. The summed E-state index contributed by atoms with van der Waals surface area (Å²) in [6.45, 7) is 2.37. The Kier molecular flexibility index (Phi) is 7.98. The number of halogens is 3. The molecule has 0 spiro atoms. The summed E-state index contributed by atoms with van der Waals surface area (Å²) in [4.78, 5) is 19.6. The summed E-state index contributed by atoms with van der Waals surface area (Å²) in [5, 5.41) is 10.5. The number of alkyl halides is 3. The molecule has 0 aliphatic heterocycles. The minimum atomic E-state index is -4.37. The molecule has 9 heteroatoms. The minimum absolute atomic E-state index is 0.167. The van der Waals surface area contributed by atoms with Crippen LogP contribution in [-0.2, 0) is 30.4 Å². The standard InChI is InChI=1S/C27H27F3N2O3S/c1-2-5-23-24(36-26(32-23)17-8-10-19(11-9-17)27(28,29)30)16-35-20-12-13-22-21(14-20)18(15-31-22)6-3-4-7-25(33)34/h8-15,31H,2-7,16H2,1H3,(H,33,34). The van der Waals surface area contributed by atoms with Crippen LogP contribution in [0.4, 0.5) is 13.2 Å². The Bertz CT molecular complexity index is 1330. The van der Waals surface area contributed by atoms with E-state index in [4.69, 9.17) is 14.8 Å². The van der Waals surface area contributed by atoms with Gasteiger partial charge in [0.2, 0.25) is 0 Å². The summed E-state index contributed by atoms with van der Waals surface area (Å²) in [6, 6.07) is 10.9. The summed E-state index contributed by atoms with van der Waals surface area (Å²) in [5.74, 6) is -0.0718. The van der Waals surface area contributed by atoms with Crippen molar-refractivity contribution < 1.29 is 27.8 Å². The molecule has 5 nitrogen and oxygen atoms in total. The number of aryl methyl sites for hydroxylation is 2. The van der Waals surface area contributed by atoms with Gasteiger partial charge in [0.1, 0.15) is 17.4 Å². The molecular weight excluding hydrogens is 489 g/mol. The van der Waals surface area contributed by atoms with Gasteiger partial charge in [0.15, 0.2) is 0 Å². The number of aromatic nitrogens is 2. The molecule has 4 rings (SSSR count). The van der Waals surface area contributed by atoms with Crippen molar-refractivity contribution >= 4 is 28.2 Å². The van der Waals surface area contributed by atoms with Gasteiger partial charge in [-0.1, -0.05) is 25.5 Å². The molecule has 36 heavy (non-hydrogen) atoms. The van der Waals surface area contributed by atoms with Crippen molar-refractivity contribution in [1.82, 2.24) is 9.97 Å². The Balaban J connectivity index is 1.48. The SMILES string of the molecule is CCCc1nc(-c2ccc(C(F)(F)F)cc2)sc1COc1ccc2[nH]cc(CCCCC(=O)O)c2c1. The number of aliphatic carboxylic acids is 1. The third-order valence-corrected chi connectivity index (χ3v) is 7.04. The Morgan fingerprint density at radius 2 is 1.89 bits per heavy atom. The molecule has 0 unspecified atom stereocenters. The molecule has 0 atom stereocenters. The summed E-state index contributed by atoms with van der Waals surface area (Å²) >= 11 is 1.44. The number of nitrogens with one attached hydrogen (secondary N) is 1. The summed E-state index contributed by atoms with van der Waals surface area (Å²) in [6.07, 6.45) is 1.60. The highest BCUT2D eigenvalue weighted by Crippen LogP contribution is 2.34. The largest absolute Gasteiger partial charge is 0.488 e. The van der Waals surface area contributed by atoms with Crippen LogP contribution in [-0.4, -0.2) is 21.0 Å². The predicted octanol–water partition coefficient (Wildman–Crippen LogP) is 7.64. The van der Waals surface area contributed by atoms with E-state index in [2.05, 4.69) is 11.9 Å². The Hall–Kier alpha value is -3.33. The number of carboxylic acids is 1. The second-order valence-corrected chi connectivity index (χ2v) is 9.71. The first kappa shape index (κ1) is 25.8. The third kappa shape index (κ3) is 6.26. The van der Waals surface area contributed by atoms with Crippen LogP contribution >= 0.6 is 11.3 Å². The van der Waals surface area contributed by atoms with Crippen LogP contribution in [0.5, 0.6) is 5.75 Å². The third-order valence-electron chi connectivity index (χ3n) is 5.92. The van der Waals surface area contributed by atoms with Gasteiger partial charge >= 0.3 is 12.1 Å². The zero-order valence-corrected chi connectivity index (χ0v) is 20.6. The Morgan fingerprint density at radius 3 is 2.58 bits per heavy atom. The monoisotopic (exact) mass is 516 g/mol. The van der Waals surface area contributed by atoms with Crippen molar-refractivity contribution in [2.45, 2.75) is 58.2 Å². The number of benzene rings is 2. The molecule has 0 aliphatic carbocycles. The number of unbranched alkanes of at least 4 members (excludes halogenated alkanes) is 1. The van der Waals surface area contributed by atoms with Gasteiger partial charge < -0.3 is 14.8 Å². The first-order valence-electron chi connectivity index (χ1n) is 11.9. The second kappa shape index (κ2) is 11.2. The van der Waals surface area contributed by atoms with Crippen LogP contribution in [0.1, 0.15) is 54.3 Å². The van der Waals surface area contributed by atoms with Crippen LogP contribution in [0.25, 0.3) is 21.5 Å². The molecule has 2 N–H and O–H groups in total. The summed E-state index contributed by atoms with van der Waals surface area (Å²) in [7, 11) is 0. The van der Waals surface area contributed by atoms with Crippen molar-refractivity contribution in [3.05, 3.63) is 70.4 Å². The van der Waals surface area contributed by atoms with Gasteiger partial charge in [-0.05, 0) is 61.6 Å². The van der Waals surface area contributed by atoms with Gasteiger partial charge in [0.05, 0.1) is 16.1 Å². The van der Waals surface area contributed by atoms with E-state index in [1.807, 2.05) is 24.4 Å². The van der Waals surface area contributed by atoms with Crippen LogP contribution in [0, 0.1) is 0 Å². The highest BCUT2D eigenvalue weighted by Gasteiger charge is 2.30. The van der Waals surface area contributed by atoms with Crippen LogP contribution in [0.2, 0.25) is 0 Å². The van der Waals surface area contributed by atoms with E-state index in [0.29, 0.717) is 29.3 Å². The van der Waals surface area contributed by atoms with E-state index in [9.17, 15) is 18.0 Å². The lowest BCUT2D eigenvalue weighted by Crippen LogP contribution is -2.03. The van der Waals surface area contributed by atoms with E-state index in [1.165, 1.54) is 23.5 Å². The molecule has 0 aliphatic rings. The molecule has 0 fully saturated rings. The first-order valence-corrected chi connectivity index (χ1v) is 12.7. The maximum absolute atomic E-state index is 12.9.